The third-order valence-electron chi connectivity index (χ3n) is 3.67. The molecule has 0 radical (unpaired) electrons. The number of hydrogen-bond donors (Lipinski definition) is 3. The van der Waals surface area contributed by atoms with E-state index in [0.29, 0.717) is 0 Å². The molecule has 0 aromatic heterocycles. The van der Waals surface area contributed by atoms with E-state index < -0.39 is 31.2 Å². The zero-order chi connectivity index (χ0) is 13.1. The maximum Gasteiger partial charge on any atom is 0.311 e. The van der Waals surface area contributed by atoms with Crippen molar-refractivity contribution in [1.82, 2.24) is 0 Å². The molecule has 2 fully saturated rings. The van der Waals surface area contributed by atoms with Gasteiger partial charge in [-0.15, -0.1) is 0 Å². The lowest BCUT2D eigenvalue weighted by Gasteiger charge is -2.23. The normalized spacial score (nSPS) is 37.7. The van der Waals surface area contributed by atoms with Crippen molar-refractivity contribution in [2.75, 3.05) is 6.61 Å². The van der Waals surface area contributed by atoms with Crippen molar-refractivity contribution in [3.8, 4) is 0 Å². The lowest BCUT2D eigenvalue weighted by Crippen LogP contribution is -2.36. The van der Waals surface area contributed by atoms with Crippen LogP contribution in [0.2, 0.25) is 0 Å². The van der Waals surface area contributed by atoms with E-state index in [2.05, 4.69) is 0 Å². The number of carbonyl (C=O) groups is 1. The standard InChI is InChI=1S/C12H20O6/c13-6-8-9(14)10(15)12(17-8)18-11(16)7-4-2-1-3-5-7/h7-10,12-15H,1-6H2/t8-,9-,10-,12?/m1/s1. The van der Waals surface area contributed by atoms with Gasteiger partial charge in [-0.25, -0.2) is 0 Å². The Bertz CT molecular complexity index is 288. The average Bonchev–Trinajstić information content (AvgIpc) is 2.67. The summed E-state index contributed by atoms with van der Waals surface area (Å²) in [6.07, 6.45) is 0.161. The van der Waals surface area contributed by atoms with Crippen LogP contribution >= 0.6 is 0 Å². The summed E-state index contributed by atoms with van der Waals surface area (Å²) in [5, 5.41) is 28.1. The third-order valence-corrected chi connectivity index (χ3v) is 3.67. The number of aliphatic hydroxyl groups is 3. The Balaban J connectivity index is 1.87. The van der Waals surface area contributed by atoms with Crippen molar-refractivity contribution in [3.63, 3.8) is 0 Å². The molecule has 1 saturated carbocycles. The maximum atomic E-state index is 11.8. The van der Waals surface area contributed by atoms with Gasteiger partial charge in [-0.2, -0.15) is 0 Å². The van der Waals surface area contributed by atoms with Crippen LogP contribution in [0.1, 0.15) is 32.1 Å². The van der Waals surface area contributed by atoms with Gasteiger partial charge in [-0.3, -0.25) is 4.79 Å². The molecule has 6 heteroatoms. The van der Waals surface area contributed by atoms with Crippen molar-refractivity contribution in [1.29, 1.82) is 0 Å². The third kappa shape index (κ3) is 2.83. The zero-order valence-corrected chi connectivity index (χ0v) is 10.2. The van der Waals surface area contributed by atoms with Gasteiger partial charge < -0.3 is 24.8 Å². The van der Waals surface area contributed by atoms with Crippen LogP contribution in [0.5, 0.6) is 0 Å². The molecule has 1 heterocycles. The van der Waals surface area contributed by atoms with Crippen LogP contribution in [0.3, 0.4) is 0 Å². The first kappa shape index (κ1) is 13.7. The molecule has 2 rings (SSSR count). The first-order valence-electron chi connectivity index (χ1n) is 6.46. The van der Waals surface area contributed by atoms with Gasteiger partial charge in [-0.05, 0) is 12.8 Å². The SMILES string of the molecule is O=C(OC1O[C@H](CO)[C@@H](O)[C@H]1O)C1CCCCC1. The number of hydrogen-bond acceptors (Lipinski definition) is 6. The van der Waals surface area contributed by atoms with Crippen LogP contribution in [0.4, 0.5) is 0 Å². The van der Waals surface area contributed by atoms with Gasteiger partial charge >= 0.3 is 5.97 Å². The fourth-order valence-electron chi connectivity index (χ4n) is 2.51. The smallest absolute Gasteiger partial charge is 0.311 e. The summed E-state index contributed by atoms with van der Waals surface area (Å²) in [5.74, 6) is -0.524. The van der Waals surface area contributed by atoms with Gasteiger partial charge in [0.15, 0.2) is 0 Å². The number of carbonyl (C=O) groups excluding carboxylic acids is 1. The van der Waals surface area contributed by atoms with E-state index in [1.807, 2.05) is 0 Å². The first-order valence-corrected chi connectivity index (χ1v) is 6.46. The molecule has 18 heavy (non-hydrogen) atoms. The highest BCUT2D eigenvalue weighted by Crippen LogP contribution is 2.28. The maximum absolute atomic E-state index is 11.8. The minimum atomic E-state index is -1.30. The van der Waals surface area contributed by atoms with Gasteiger partial charge in [0.05, 0.1) is 12.5 Å². The van der Waals surface area contributed by atoms with Crippen molar-refractivity contribution in [2.45, 2.75) is 56.7 Å². The Morgan fingerprint density at radius 3 is 2.39 bits per heavy atom. The van der Waals surface area contributed by atoms with Crippen molar-refractivity contribution in [2.24, 2.45) is 5.92 Å². The van der Waals surface area contributed by atoms with E-state index in [1.54, 1.807) is 0 Å². The highest BCUT2D eigenvalue weighted by atomic mass is 16.7. The van der Waals surface area contributed by atoms with Crippen LogP contribution < -0.4 is 0 Å². The minimum absolute atomic E-state index is 0.139. The molecule has 1 aliphatic carbocycles. The second kappa shape index (κ2) is 5.97. The highest BCUT2D eigenvalue weighted by molar-refractivity contribution is 5.72. The molecular formula is C12H20O6. The Kier molecular flexibility index (Phi) is 4.55. The van der Waals surface area contributed by atoms with E-state index >= 15 is 0 Å². The minimum Gasteiger partial charge on any atom is -0.433 e. The second-order valence-corrected chi connectivity index (χ2v) is 4.98. The molecule has 3 N–H and O–H groups in total. The van der Waals surface area contributed by atoms with E-state index in [0.717, 1.165) is 32.1 Å². The molecular weight excluding hydrogens is 240 g/mol. The van der Waals surface area contributed by atoms with Crippen molar-refractivity contribution >= 4 is 5.97 Å². The van der Waals surface area contributed by atoms with Crippen molar-refractivity contribution < 1.29 is 29.6 Å². The van der Waals surface area contributed by atoms with E-state index in [1.165, 1.54) is 0 Å². The van der Waals surface area contributed by atoms with Crippen LogP contribution in [0.25, 0.3) is 0 Å². The van der Waals surface area contributed by atoms with Gasteiger partial charge in [0, 0.05) is 0 Å². The van der Waals surface area contributed by atoms with Crippen LogP contribution in [-0.2, 0) is 14.3 Å². The fraction of sp³-hybridized carbons (Fsp3) is 0.917. The summed E-state index contributed by atoms with van der Waals surface area (Å²) in [6.45, 7) is -0.421. The van der Waals surface area contributed by atoms with Gasteiger partial charge in [0.25, 0.3) is 0 Å². The van der Waals surface area contributed by atoms with E-state index in [9.17, 15) is 15.0 Å². The molecule has 6 nitrogen and oxygen atoms in total. The molecule has 1 unspecified atom stereocenters. The summed E-state index contributed by atoms with van der Waals surface area (Å²) in [6, 6.07) is 0. The van der Waals surface area contributed by atoms with E-state index in [4.69, 9.17) is 14.6 Å². The number of esters is 1. The molecule has 0 bridgehead atoms. The monoisotopic (exact) mass is 260 g/mol. The molecule has 2 aliphatic rings. The first-order chi connectivity index (χ1) is 8.63. The van der Waals surface area contributed by atoms with Crippen LogP contribution in [-0.4, -0.2) is 52.5 Å². The summed E-state index contributed by atoms with van der Waals surface area (Å²) in [7, 11) is 0. The van der Waals surface area contributed by atoms with Gasteiger partial charge in [0.2, 0.25) is 6.29 Å². The second-order valence-electron chi connectivity index (χ2n) is 4.98. The van der Waals surface area contributed by atoms with Crippen molar-refractivity contribution in [3.05, 3.63) is 0 Å². The summed E-state index contributed by atoms with van der Waals surface area (Å²) < 4.78 is 10.2. The Morgan fingerprint density at radius 2 is 1.83 bits per heavy atom. The highest BCUT2D eigenvalue weighted by Gasteiger charge is 2.45. The number of rotatable bonds is 3. The molecule has 0 aromatic carbocycles. The predicted molar refractivity (Wildman–Crippen MR) is 60.4 cm³/mol. The predicted octanol–water partition coefficient (Wildman–Crippen LogP) is -0.451. The lowest BCUT2D eigenvalue weighted by molar-refractivity contribution is -0.195. The largest absolute Gasteiger partial charge is 0.433 e. The summed E-state index contributed by atoms with van der Waals surface area (Å²) in [5.41, 5.74) is 0. The quantitative estimate of drug-likeness (QED) is 0.595. The molecule has 104 valence electrons. The Morgan fingerprint density at radius 1 is 1.17 bits per heavy atom. The molecule has 0 spiro atoms. The van der Waals surface area contributed by atoms with Gasteiger partial charge in [0.1, 0.15) is 18.3 Å². The molecule has 0 amide bonds. The van der Waals surface area contributed by atoms with Gasteiger partial charge in [-0.1, -0.05) is 19.3 Å². The molecule has 0 aromatic rings. The average molecular weight is 260 g/mol. The molecule has 1 saturated heterocycles. The zero-order valence-electron chi connectivity index (χ0n) is 10.2. The lowest BCUT2D eigenvalue weighted by atomic mass is 9.89. The fourth-order valence-corrected chi connectivity index (χ4v) is 2.51. The number of ether oxygens (including phenoxy) is 2. The summed E-state index contributed by atoms with van der Waals surface area (Å²) in [4.78, 5) is 11.8. The van der Waals surface area contributed by atoms with E-state index in [-0.39, 0.29) is 11.9 Å². The number of aliphatic hydroxyl groups excluding tert-OH is 3. The topological polar surface area (TPSA) is 96.2 Å². The molecule has 4 atom stereocenters. The summed E-state index contributed by atoms with van der Waals surface area (Å²) >= 11 is 0. The molecule has 1 aliphatic heterocycles. The Hall–Kier alpha value is -0.690. The van der Waals surface area contributed by atoms with Crippen LogP contribution in [0, 0.1) is 5.92 Å². The van der Waals surface area contributed by atoms with Crippen LogP contribution in [0.15, 0.2) is 0 Å². The Labute approximate surface area is 106 Å².